The van der Waals surface area contributed by atoms with E-state index in [2.05, 4.69) is 20.0 Å². The summed E-state index contributed by atoms with van der Waals surface area (Å²) in [7, 11) is -1.97. The molecule has 0 radical (unpaired) electrons. The number of aromatic nitrogens is 2. The van der Waals surface area contributed by atoms with Gasteiger partial charge in [-0.15, -0.1) is 0 Å². The van der Waals surface area contributed by atoms with Crippen LogP contribution in [-0.2, 0) is 14.6 Å². The van der Waals surface area contributed by atoms with Crippen LogP contribution in [0.15, 0.2) is 41.6 Å². The summed E-state index contributed by atoms with van der Waals surface area (Å²) in [5, 5.41) is 2.93. The van der Waals surface area contributed by atoms with Gasteiger partial charge >= 0.3 is 5.97 Å². The summed E-state index contributed by atoms with van der Waals surface area (Å²) in [4.78, 5) is 19.5. The third-order valence-electron chi connectivity index (χ3n) is 2.58. The summed E-state index contributed by atoms with van der Waals surface area (Å²) in [5.74, 6) is -0.233. The largest absolute Gasteiger partial charge is 0.464 e. The van der Waals surface area contributed by atoms with Crippen LogP contribution in [0.2, 0.25) is 0 Å². The van der Waals surface area contributed by atoms with E-state index < -0.39 is 15.8 Å². The highest BCUT2D eigenvalue weighted by atomic mass is 32.2. The van der Waals surface area contributed by atoms with Crippen LogP contribution in [0.1, 0.15) is 10.5 Å². The lowest BCUT2D eigenvalue weighted by Gasteiger charge is -2.07. The molecule has 0 saturated carbocycles. The lowest BCUT2D eigenvalue weighted by Crippen LogP contribution is -2.06. The van der Waals surface area contributed by atoms with Crippen molar-refractivity contribution in [3.05, 3.63) is 42.4 Å². The average molecular weight is 307 g/mol. The molecule has 8 heteroatoms. The van der Waals surface area contributed by atoms with Gasteiger partial charge in [-0.2, -0.15) is 0 Å². The van der Waals surface area contributed by atoms with E-state index >= 15 is 0 Å². The van der Waals surface area contributed by atoms with Crippen LogP contribution in [0.3, 0.4) is 0 Å². The van der Waals surface area contributed by atoms with Gasteiger partial charge in [-0.1, -0.05) is 0 Å². The molecule has 2 aromatic rings. The zero-order chi connectivity index (χ0) is 15.5. The number of nitrogens with zero attached hydrogens (tertiary/aromatic N) is 2. The van der Waals surface area contributed by atoms with Gasteiger partial charge in [0, 0.05) is 11.9 Å². The summed E-state index contributed by atoms with van der Waals surface area (Å²) in [6, 6.07) is 6.16. The molecule has 2 rings (SSSR count). The van der Waals surface area contributed by atoms with Crippen molar-refractivity contribution in [2.45, 2.75) is 4.90 Å². The zero-order valence-corrected chi connectivity index (χ0v) is 12.2. The molecule has 1 N–H and O–H groups in total. The van der Waals surface area contributed by atoms with Gasteiger partial charge in [-0.25, -0.2) is 18.2 Å². The summed E-state index contributed by atoms with van der Waals surface area (Å²) in [6.07, 6.45) is 3.88. The summed E-state index contributed by atoms with van der Waals surface area (Å²) >= 11 is 0. The maximum Gasteiger partial charge on any atom is 0.358 e. The van der Waals surface area contributed by atoms with Crippen LogP contribution in [0.4, 0.5) is 11.5 Å². The Morgan fingerprint density at radius 2 is 1.86 bits per heavy atom. The Balaban J connectivity index is 2.20. The number of carbonyl (C=O) groups excluding carboxylic acids is 1. The van der Waals surface area contributed by atoms with Crippen LogP contribution >= 0.6 is 0 Å². The fourth-order valence-corrected chi connectivity index (χ4v) is 2.19. The van der Waals surface area contributed by atoms with Crippen molar-refractivity contribution in [3.8, 4) is 0 Å². The zero-order valence-electron chi connectivity index (χ0n) is 11.4. The fraction of sp³-hybridized carbons (Fsp3) is 0.154. The van der Waals surface area contributed by atoms with Crippen molar-refractivity contribution >= 4 is 27.3 Å². The van der Waals surface area contributed by atoms with Crippen molar-refractivity contribution in [3.63, 3.8) is 0 Å². The van der Waals surface area contributed by atoms with E-state index in [-0.39, 0.29) is 10.6 Å². The number of sulfone groups is 1. The van der Waals surface area contributed by atoms with E-state index in [4.69, 9.17) is 0 Å². The number of carbonyl (C=O) groups is 1. The topological polar surface area (TPSA) is 98.2 Å². The van der Waals surface area contributed by atoms with Gasteiger partial charge in [0.25, 0.3) is 0 Å². The minimum absolute atomic E-state index is 0.0789. The predicted octanol–water partition coefficient (Wildman–Crippen LogP) is 1.41. The van der Waals surface area contributed by atoms with Gasteiger partial charge in [-0.3, -0.25) is 4.98 Å². The molecule has 0 aliphatic carbocycles. The number of hydrogen-bond donors (Lipinski definition) is 1. The third kappa shape index (κ3) is 3.76. The molecule has 1 aromatic carbocycles. The molecule has 21 heavy (non-hydrogen) atoms. The van der Waals surface area contributed by atoms with Crippen molar-refractivity contribution in [2.75, 3.05) is 18.7 Å². The maximum atomic E-state index is 11.4. The summed E-state index contributed by atoms with van der Waals surface area (Å²) in [5.41, 5.74) is 0.703. The number of esters is 1. The Morgan fingerprint density at radius 3 is 2.43 bits per heavy atom. The van der Waals surface area contributed by atoms with Crippen LogP contribution in [0.5, 0.6) is 0 Å². The number of nitrogens with one attached hydrogen (secondary N) is 1. The quantitative estimate of drug-likeness (QED) is 0.853. The molecule has 0 amide bonds. The van der Waals surface area contributed by atoms with E-state index in [0.29, 0.717) is 11.5 Å². The SMILES string of the molecule is COC(=O)c1cncc(Nc2ccc(S(C)(=O)=O)cc2)n1. The second-order valence-corrected chi connectivity index (χ2v) is 6.22. The van der Waals surface area contributed by atoms with E-state index in [1.54, 1.807) is 12.1 Å². The van der Waals surface area contributed by atoms with Crippen molar-refractivity contribution in [2.24, 2.45) is 0 Å². The van der Waals surface area contributed by atoms with Crippen LogP contribution in [-0.4, -0.2) is 37.7 Å². The molecule has 1 heterocycles. The van der Waals surface area contributed by atoms with Crippen molar-refractivity contribution in [1.29, 1.82) is 0 Å². The monoisotopic (exact) mass is 307 g/mol. The summed E-state index contributed by atoms with van der Waals surface area (Å²) < 4.78 is 27.3. The molecule has 0 unspecified atom stereocenters. The highest BCUT2D eigenvalue weighted by molar-refractivity contribution is 7.90. The first-order chi connectivity index (χ1) is 9.90. The highest BCUT2D eigenvalue weighted by Crippen LogP contribution is 2.17. The Hall–Kier alpha value is -2.48. The molecule has 0 saturated heterocycles. The number of benzene rings is 1. The molecular weight excluding hydrogens is 294 g/mol. The van der Waals surface area contributed by atoms with E-state index in [1.165, 1.54) is 31.6 Å². The molecular formula is C13H13N3O4S. The van der Waals surface area contributed by atoms with Crippen molar-refractivity contribution in [1.82, 2.24) is 9.97 Å². The van der Waals surface area contributed by atoms with Crippen LogP contribution in [0.25, 0.3) is 0 Å². The first-order valence-electron chi connectivity index (χ1n) is 5.87. The standard InChI is InChI=1S/C13H13N3O4S/c1-20-13(17)11-7-14-8-12(16-11)15-9-3-5-10(6-4-9)21(2,18)19/h3-8H,1-2H3,(H,15,16). The third-order valence-corrected chi connectivity index (χ3v) is 3.71. The molecule has 1 aromatic heterocycles. The minimum Gasteiger partial charge on any atom is -0.464 e. The van der Waals surface area contributed by atoms with Crippen LogP contribution < -0.4 is 5.32 Å². The van der Waals surface area contributed by atoms with Gasteiger partial charge < -0.3 is 10.1 Å². The van der Waals surface area contributed by atoms with Crippen LogP contribution in [0, 0.1) is 0 Å². The van der Waals surface area contributed by atoms with E-state index in [1.807, 2.05) is 0 Å². The maximum absolute atomic E-state index is 11.4. The van der Waals surface area contributed by atoms with Crippen molar-refractivity contribution < 1.29 is 17.9 Å². The molecule has 0 fully saturated rings. The van der Waals surface area contributed by atoms with Gasteiger partial charge in [-0.05, 0) is 24.3 Å². The number of methoxy groups -OCH3 is 1. The Bertz CT molecular complexity index is 757. The normalized spacial score (nSPS) is 11.0. The molecule has 0 aliphatic rings. The van der Waals surface area contributed by atoms with Gasteiger partial charge in [0.2, 0.25) is 0 Å². The lowest BCUT2D eigenvalue weighted by molar-refractivity contribution is 0.0593. The smallest absolute Gasteiger partial charge is 0.358 e. The van der Waals surface area contributed by atoms with E-state index in [0.717, 1.165) is 6.26 Å². The second kappa shape index (κ2) is 5.88. The Labute approximate surface area is 121 Å². The number of anilines is 2. The average Bonchev–Trinajstić information content (AvgIpc) is 2.46. The molecule has 110 valence electrons. The molecule has 7 nitrogen and oxygen atoms in total. The Morgan fingerprint density at radius 1 is 1.19 bits per heavy atom. The summed E-state index contributed by atoms with van der Waals surface area (Å²) in [6.45, 7) is 0. The lowest BCUT2D eigenvalue weighted by atomic mass is 10.3. The molecule has 0 bridgehead atoms. The molecule has 0 spiro atoms. The molecule has 0 atom stereocenters. The predicted molar refractivity (Wildman–Crippen MR) is 76.2 cm³/mol. The van der Waals surface area contributed by atoms with E-state index in [9.17, 15) is 13.2 Å². The first kappa shape index (κ1) is 14.9. The Kier molecular flexibility index (Phi) is 4.18. The van der Waals surface area contributed by atoms with Gasteiger partial charge in [0.1, 0.15) is 5.82 Å². The van der Waals surface area contributed by atoms with Gasteiger partial charge in [0.15, 0.2) is 15.5 Å². The fourth-order valence-electron chi connectivity index (χ4n) is 1.56. The molecule has 0 aliphatic heterocycles. The number of rotatable bonds is 4. The number of ether oxygens (including phenoxy) is 1. The second-order valence-electron chi connectivity index (χ2n) is 4.20. The first-order valence-corrected chi connectivity index (χ1v) is 7.77. The van der Waals surface area contributed by atoms with Gasteiger partial charge in [0.05, 0.1) is 24.4 Å². The highest BCUT2D eigenvalue weighted by Gasteiger charge is 2.09. The number of hydrogen-bond acceptors (Lipinski definition) is 7. The minimum atomic E-state index is -3.23.